The molecule has 16 heavy (non-hydrogen) atoms. The molecular weight excluding hydrogens is 206 g/mol. The molecule has 0 aliphatic heterocycles. The van der Waals surface area contributed by atoms with Gasteiger partial charge in [0.1, 0.15) is 0 Å². The maximum atomic E-state index is 10.6. The smallest absolute Gasteiger partial charge is 0.243 e. The Balaban J connectivity index is 0. The maximum Gasteiger partial charge on any atom is 0.243 e. The molecule has 0 aliphatic rings. The van der Waals surface area contributed by atoms with Crippen LogP contribution in [0, 0.1) is 0 Å². The number of amides is 2. The lowest BCUT2D eigenvalue weighted by Gasteiger charge is -2.08. The molecule has 0 bridgehead atoms. The van der Waals surface area contributed by atoms with E-state index >= 15 is 0 Å². The number of hydrogen-bond donors (Lipinski definition) is 2. The fraction of sp³-hybridized carbons (Fsp3) is 0.455. The first-order valence-electron chi connectivity index (χ1n) is 4.90. The van der Waals surface area contributed by atoms with Gasteiger partial charge in [-0.1, -0.05) is 13.2 Å². The third-order valence-electron chi connectivity index (χ3n) is 1.47. The van der Waals surface area contributed by atoms with Gasteiger partial charge in [0.25, 0.3) is 0 Å². The lowest BCUT2D eigenvalue weighted by Crippen LogP contribution is -2.25. The van der Waals surface area contributed by atoms with Crippen LogP contribution in [0.15, 0.2) is 25.3 Å². The SMILES string of the molecule is C=CC(=O)NCCCN(C)C.C=CC(N)=O. The van der Waals surface area contributed by atoms with Gasteiger partial charge in [-0.15, -0.1) is 0 Å². The van der Waals surface area contributed by atoms with Crippen molar-refractivity contribution in [2.75, 3.05) is 27.2 Å². The quantitative estimate of drug-likeness (QED) is 0.491. The van der Waals surface area contributed by atoms with Crippen LogP contribution < -0.4 is 11.1 Å². The standard InChI is InChI=1S/C8H16N2O.C3H5NO/c1-4-8(11)9-6-5-7-10(2)3;1-2-3(4)5/h4H,1,5-7H2,2-3H3,(H,9,11);2H,1H2,(H2,4,5). The first kappa shape index (κ1) is 16.8. The molecule has 0 rings (SSSR count). The Bertz CT molecular complexity index is 237. The maximum absolute atomic E-state index is 10.6. The summed E-state index contributed by atoms with van der Waals surface area (Å²) < 4.78 is 0. The Morgan fingerprint density at radius 2 is 1.81 bits per heavy atom. The molecule has 0 unspecified atom stereocenters. The van der Waals surface area contributed by atoms with Crippen molar-refractivity contribution < 1.29 is 9.59 Å². The summed E-state index contributed by atoms with van der Waals surface area (Å²) in [5.74, 6) is -0.575. The number of rotatable bonds is 6. The Morgan fingerprint density at radius 1 is 1.31 bits per heavy atom. The van der Waals surface area contributed by atoms with Crippen molar-refractivity contribution >= 4 is 11.8 Å². The molecule has 0 aromatic rings. The zero-order valence-corrected chi connectivity index (χ0v) is 10.0. The summed E-state index contributed by atoms with van der Waals surface area (Å²) in [7, 11) is 4.02. The van der Waals surface area contributed by atoms with Crippen LogP contribution >= 0.6 is 0 Å². The van der Waals surface area contributed by atoms with Gasteiger partial charge in [0, 0.05) is 6.54 Å². The molecule has 3 N–H and O–H groups in total. The highest BCUT2D eigenvalue weighted by Crippen LogP contribution is 1.80. The topological polar surface area (TPSA) is 75.4 Å². The predicted molar refractivity (Wildman–Crippen MR) is 65.8 cm³/mol. The summed E-state index contributed by atoms with van der Waals surface area (Å²) in [6.07, 6.45) is 3.32. The Kier molecular flexibility index (Phi) is 12.0. The minimum Gasteiger partial charge on any atom is -0.366 e. The van der Waals surface area contributed by atoms with E-state index in [2.05, 4.69) is 29.1 Å². The van der Waals surface area contributed by atoms with E-state index in [1.807, 2.05) is 14.1 Å². The number of nitrogens with one attached hydrogen (secondary N) is 1. The number of carbonyl (C=O) groups excluding carboxylic acids is 2. The van der Waals surface area contributed by atoms with E-state index in [-0.39, 0.29) is 5.91 Å². The molecule has 0 saturated carbocycles. The fourth-order valence-corrected chi connectivity index (χ4v) is 0.679. The minimum atomic E-state index is -0.481. The molecule has 0 aromatic carbocycles. The number of nitrogens with two attached hydrogens (primary N) is 1. The van der Waals surface area contributed by atoms with Crippen LogP contribution in [0.5, 0.6) is 0 Å². The van der Waals surface area contributed by atoms with Gasteiger partial charge < -0.3 is 16.0 Å². The van der Waals surface area contributed by atoms with Crippen molar-refractivity contribution in [3.05, 3.63) is 25.3 Å². The van der Waals surface area contributed by atoms with Gasteiger partial charge in [-0.2, -0.15) is 0 Å². The average molecular weight is 227 g/mol. The molecule has 5 heteroatoms. The van der Waals surface area contributed by atoms with Crippen LogP contribution in [0.4, 0.5) is 0 Å². The third kappa shape index (κ3) is 18.2. The first-order valence-corrected chi connectivity index (χ1v) is 4.90. The second-order valence-electron chi connectivity index (χ2n) is 3.26. The minimum absolute atomic E-state index is 0.0937. The molecule has 0 aliphatic carbocycles. The van der Waals surface area contributed by atoms with Gasteiger partial charge >= 0.3 is 0 Å². The van der Waals surface area contributed by atoms with Crippen molar-refractivity contribution in [2.45, 2.75) is 6.42 Å². The van der Waals surface area contributed by atoms with Gasteiger partial charge in [0.2, 0.25) is 11.8 Å². The molecule has 0 heterocycles. The predicted octanol–water partition coefficient (Wildman–Crippen LogP) is -0.102. The first-order chi connectivity index (χ1) is 7.43. The molecule has 5 nitrogen and oxygen atoms in total. The van der Waals surface area contributed by atoms with E-state index in [1.165, 1.54) is 6.08 Å². The Hall–Kier alpha value is -1.62. The molecule has 0 fully saturated rings. The van der Waals surface area contributed by atoms with Crippen LogP contribution in [-0.4, -0.2) is 43.9 Å². The summed E-state index contributed by atoms with van der Waals surface area (Å²) in [5.41, 5.74) is 4.53. The molecule has 92 valence electrons. The van der Waals surface area contributed by atoms with Gasteiger partial charge in [-0.3, -0.25) is 9.59 Å². The lowest BCUT2D eigenvalue weighted by atomic mass is 10.4. The van der Waals surface area contributed by atoms with Gasteiger partial charge in [-0.25, -0.2) is 0 Å². The highest BCUT2D eigenvalue weighted by atomic mass is 16.1. The summed E-state index contributed by atoms with van der Waals surface area (Å²) in [6, 6.07) is 0. The van der Waals surface area contributed by atoms with E-state index in [0.29, 0.717) is 0 Å². The second-order valence-corrected chi connectivity index (χ2v) is 3.26. The zero-order chi connectivity index (χ0) is 13.0. The van der Waals surface area contributed by atoms with E-state index in [1.54, 1.807) is 0 Å². The van der Waals surface area contributed by atoms with Gasteiger partial charge in [0.05, 0.1) is 0 Å². The highest BCUT2D eigenvalue weighted by Gasteiger charge is 1.92. The van der Waals surface area contributed by atoms with Crippen LogP contribution in [0.25, 0.3) is 0 Å². The Morgan fingerprint density at radius 3 is 2.12 bits per heavy atom. The van der Waals surface area contributed by atoms with Gasteiger partial charge in [-0.05, 0) is 39.2 Å². The van der Waals surface area contributed by atoms with Crippen molar-refractivity contribution in [3.8, 4) is 0 Å². The van der Waals surface area contributed by atoms with Crippen molar-refractivity contribution in [1.82, 2.24) is 10.2 Å². The van der Waals surface area contributed by atoms with Crippen molar-refractivity contribution in [1.29, 1.82) is 0 Å². The van der Waals surface area contributed by atoms with E-state index < -0.39 is 5.91 Å². The van der Waals surface area contributed by atoms with E-state index in [9.17, 15) is 9.59 Å². The van der Waals surface area contributed by atoms with E-state index in [0.717, 1.165) is 25.6 Å². The highest BCUT2D eigenvalue weighted by molar-refractivity contribution is 5.86. The molecule has 0 radical (unpaired) electrons. The molecule has 0 atom stereocenters. The summed E-state index contributed by atoms with van der Waals surface area (Å²) in [5, 5.41) is 2.70. The zero-order valence-electron chi connectivity index (χ0n) is 10.0. The molecular formula is C11H21N3O2. The Labute approximate surface area is 97.0 Å². The molecule has 0 spiro atoms. The van der Waals surface area contributed by atoms with Crippen molar-refractivity contribution in [3.63, 3.8) is 0 Å². The second kappa shape index (κ2) is 11.5. The summed E-state index contributed by atoms with van der Waals surface area (Å²) >= 11 is 0. The van der Waals surface area contributed by atoms with Crippen LogP contribution in [0.1, 0.15) is 6.42 Å². The van der Waals surface area contributed by atoms with Crippen LogP contribution in [0.2, 0.25) is 0 Å². The molecule has 0 saturated heterocycles. The number of carbonyl (C=O) groups is 2. The summed E-state index contributed by atoms with van der Waals surface area (Å²) in [6.45, 7) is 8.16. The summed E-state index contributed by atoms with van der Waals surface area (Å²) in [4.78, 5) is 22.2. The molecule has 0 aromatic heterocycles. The van der Waals surface area contributed by atoms with Crippen LogP contribution in [0.3, 0.4) is 0 Å². The average Bonchev–Trinajstić information content (AvgIpc) is 2.24. The van der Waals surface area contributed by atoms with E-state index in [4.69, 9.17) is 0 Å². The van der Waals surface area contributed by atoms with Crippen molar-refractivity contribution in [2.24, 2.45) is 5.73 Å². The monoisotopic (exact) mass is 227 g/mol. The molecule has 2 amide bonds. The number of primary amides is 1. The number of nitrogens with zero attached hydrogens (tertiary/aromatic N) is 1. The largest absolute Gasteiger partial charge is 0.366 e. The number of hydrogen-bond acceptors (Lipinski definition) is 3. The fourth-order valence-electron chi connectivity index (χ4n) is 0.679. The van der Waals surface area contributed by atoms with Gasteiger partial charge in [0.15, 0.2) is 0 Å². The van der Waals surface area contributed by atoms with Crippen LogP contribution in [-0.2, 0) is 9.59 Å². The lowest BCUT2D eigenvalue weighted by molar-refractivity contribution is -0.116. The third-order valence-corrected chi connectivity index (χ3v) is 1.47. The normalized spacial score (nSPS) is 8.69.